The van der Waals surface area contributed by atoms with Crippen molar-refractivity contribution in [3.63, 3.8) is 0 Å². The van der Waals surface area contributed by atoms with Crippen molar-refractivity contribution in [1.82, 2.24) is 23.6 Å². The zero-order valence-electron chi connectivity index (χ0n) is 15.7. The number of imidazole rings is 1. The number of fused-ring (bicyclic) bond motifs is 1. The number of aryl methyl sites for hydroxylation is 1. The molecule has 3 aromatic heterocycles. The third-order valence-electron chi connectivity index (χ3n) is 5.08. The molecule has 1 saturated heterocycles. The van der Waals surface area contributed by atoms with E-state index in [-0.39, 0.29) is 18.0 Å². The number of thiophene rings is 1. The van der Waals surface area contributed by atoms with E-state index in [9.17, 15) is 14.4 Å². The number of thioether (sulfide) groups is 1. The van der Waals surface area contributed by atoms with Crippen LogP contribution in [0, 0.1) is 0 Å². The standard InChI is InChI=1S/C18H21N5O3S2/c1-20-16-15(17(25)21(2)18(20)26)23(11-19-16)10-14(24)22-6-5-13(28-9-7-22)12-4-3-8-27-12/h3-4,8,11,13H,5-7,9-10H2,1-2H3. The van der Waals surface area contributed by atoms with Crippen molar-refractivity contribution in [2.45, 2.75) is 18.2 Å². The van der Waals surface area contributed by atoms with Crippen LogP contribution in [0.4, 0.5) is 0 Å². The van der Waals surface area contributed by atoms with Crippen LogP contribution >= 0.6 is 23.1 Å². The Labute approximate surface area is 169 Å². The average molecular weight is 420 g/mol. The Hall–Kier alpha value is -2.33. The maximum atomic E-state index is 12.9. The molecular weight excluding hydrogens is 398 g/mol. The first kappa shape index (κ1) is 19.0. The highest BCUT2D eigenvalue weighted by Gasteiger charge is 2.24. The van der Waals surface area contributed by atoms with Gasteiger partial charge in [-0.3, -0.25) is 18.7 Å². The highest BCUT2D eigenvalue weighted by molar-refractivity contribution is 7.99. The monoisotopic (exact) mass is 419 g/mol. The van der Waals surface area contributed by atoms with Gasteiger partial charge < -0.3 is 9.47 Å². The van der Waals surface area contributed by atoms with Crippen molar-refractivity contribution >= 4 is 40.2 Å². The summed E-state index contributed by atoms with van der Waals surface area (Å²) >= 11 is 3.64. The summed E-state index contributed by atoms with van der Waals surface area (Å²) in [7, 11) is 3.00. The highest BCUT2D eigenvalue weighted by atomic mass is 32.2. The van der Waals surface area contributed by atoms with Crippen molar-refractivity contribution in [2.75, 3.05) is 18.8 Å². The minimum Gasteiger partial charge on any atom is -0.340 e. The molecule has 0 radical (unpaired) electrons. The van der Waals surface area contributed by atoms with Crippen molar-refractivity contribution < 1.29 is 4.79 Å². The van der Waals surface area contributed by atoms with Crippen LogP contribution in [0.15, 0.2) is 33.4 Å². The SMILES string of the molecule is Cn1c(=O)c2c(ncn2CC(=O)N2CCSC(c3cccs3)CC2)n(C)c1=O. The topological polar surface area (TPSA) is 82.1 Å². The molecule has 4 heterocycles. The van der Waals surface area contributed by atoms with Crippen molar-refractivity contribution in [2.24, 2.45) is 14.1 Å². The lowest BCUT2D eigenvalue weighted by Gasteiger charge is -2.20. The molecule has 4 rings (SSSR count). The van der Waals surface area contributed by atoms with Gasteiger partial charge in [0.15, 0.2) is 11.2 Å². The van der Waals surface area contributed by atoms with E-state index >= 15 is 0 Å². The van der Waals surface area contributed by atoms with Crippen LogP contribution in [0.1, 0.15) is 16.5 Å². The third kappa shape index (κ3) is 3.30. The number of hydrogen-bond donors (Lipinski definition) is 0. The van der Waals surface area contributed by atoms with Crippen LogP contribution < -0.4 is 11.2 Å². The first-order valence-electron chi connectivity index (χ1n) is 9.01. The zero-order chi connectivity index (χ0) is 19.8. The summed E-state index contributed by atoms with van der Waals surface area (Å²) in [6.45, 7) is 1.42. The van der Waals surface area contributed by atoms with E-state index in [4.69, 9.17) is 0 Å². The Balaban J connectivity index is 1.54. The van der Waals surface area contributed by atoms with Crippen LogP contribution in [-0.2, 0) is 25.4 Å². The Bertz CT molecular complexity index is 1130. The van der Waals surface area contributed by atoms with Gasteiger partial charge in [0.25, 0.3) is 5.56 Å². The summed E-state index contributed by atoms with van der Waals surface area (Å²) in [5.41, 5.74) is -0.297. The van der Waals surface area contributed by atoms with Crippen LogP contribution in [0.25, 0.3) is 11.2 Å². The number of rotatable bonds is 3. The predicted molar refractivity (Wildman–Crippen MR) is 111 cm³/mol. The number of hydrogen-bond acceptors (Lipinski definition) is 6. The molecule has 8 nitrogen and oxygen atoms in total. The summed E-state index contributed by atoms with van der Waals surface area (Å²) < 4.78 is 3.92. The first-order valence-corrected chi connectivity index (χ1v) is 10.9. The molecule has 0 aromatic carbocycles. The third-order valence-corrected chi connectivity index (χ3v) is 7.52. The van der Waals surface area contributed by atoms with Crippen LogP contribution in [0.3, 0.4) is 0 Å². The summed E-state index contributed by atoms with van der Waals surface area (Å²) in [4.78, 5) is 44.9. The first-order chi connectivity index (χ1) is 13.5. The Morgan fingerprint density at radius 1 is 1.25 bits per heavy atom. The fourth-order valence-corrected chi connectivity index (χ4v) is 5.72. The van der Waals surface area contributed by atoms with Crippen molar-refractivity contribution in [3.05, 3.63) is 49.6 Å². The number of nitrogens with zero attached hydrogens (tertiary/aromatic N) is 5. The summed E-state index contributed by atoms with van der Waals surface area (Å²) in [6.07, 6.45) is 2.38. The van der Waals surface area contributed by atoms with Gasteiger partial charge in [-0.05, 0) is 17.9 Å². The average Bonchev–Trinajstić information content (AvgIpc) is 3.30. The molecule has 0 spiro atoms. The van der Waals surface area contributed by atoms with E-state index in [1.54, 1.807) is 23.0 Å². The second-order valence-corrected chi connectivity index (χ2v) is 9.08. The van der Waals surface area contributed by atoms with Gasteiger partial charge >= 0.3 is 5.69 Å². The lowest BCUT2D eigenvalue weighted by atomic mass is 10.2. The fourth-order valence-electron chi connectivity index (χ4n) is 3.48. The fraction of sp³-hybridized carbons (Fsp3) is 0.444. The van der Waals surface area contributed by atoms with Gasteiger partial charge in [0.2, 0.25) is 5.91 Å². The molecule has 0 bridgehead atoms. The normalized spacial score (nSPS) is 17.8. The molecule has 1 fully saturated rings. The second-order valence-electron chi connectivity index (χ2n) is 6.79. The molecule has 1 amide bonds. The molecule has 0 N–H and O–H groups in total. The molecule has 1 atom stereocenters. The van der Waals surface area contributed by atoms with Gasteiger partial charge in [0.05, 0.1) is 6.33 Å². The van der Waals surface area contributed by atoms with Gasteiger partial charge in [-0.1, -0.05) is 6.07 Å². The quantitative estimate of drug-likeness (QED) is 0.637. The largest absolute Gasteiger partial charge is 0.340 e. The maximum absolute atomic E-state index is 12.9. The molecule has 1 aliphatic heterocycles. The van der Waals surface area contributed by atoms with Gasteiger partial charge in [0.1, 0.15) is 6.54 Å². The van der Waals surface area contributed by atoms with Crippen molar-refractivity contribution in [3.8, 4) is 0 Å². The van der Waals surface area contributed by atoms with Gasteiger partial charge in [-0.2, -0.15) is 11.8 Å². The predicted octanol–water partition coefficient (Wildman–Crippen LogP) is 1.20. The van der Waals surface area contributed by atoms with E-state index in [1.807, 2.05) is 16.7 Å². The van der Waals surface area contributed by atoms with E-state index in [0.717, 1.165) is 16.7 Å². The lowest BCUT2D eigenvalue weighted by molar-refractivity contribution is -0.131. The molecule has 3 aromatic rings. The summed E-state index contributed by atoms with van der Waals surface area (Å²) in [6, 6.07) is 4.21. The molecule has 148 valence electrons. The molecule has 1 unspecified atom stereocenters. The van der Waals surface area contributed by atoms with Crippen LogP contribution in [0.2, 0.25) is 0 Å². The van der Waals surface area contributed by atoms with Gasteiger partial charge in [-0.25, -0.2) is 9.78 Å². The van der Waals surface area contributed by atoms with Crippen LogP contribution in [0.5, 0.6) is 0 Å². The van der Waals surface area contributed by atoms with Crippen LogP contribution in [-0.4, -0.2) is 48.3 Å². The lowest BCUT2D eigenvalue weighted by Crippen LogP contribution is -2.39. The zero-order valence-corrected chi connectivity index (χ0v) is 17.3. The second kappa shape index (κ2) is 7.59. The molecule has 1 aliphatic rings. The minimum absolute atomic E-state index is 0.0392. The number of carbonyl (C=O) groups excluding carboxylic acids is 1. The number of carbonyl (C=O) groups is 1. The number of aromatic nitrogens is 4. The summed E-state index contributed by atoms with van der Waals surface area (Å²) in [5.74, 6) is 0.845. The Kier molecular flexibility index (Phi) is 5.15. The van der Waals surface area contributed by atoms with Crippen molar-refractivity contribution in [1.29, 1.82) is 0 Å². The van der Waals surface area contributed by atoms with E-state index < -0.39 is 11.2 Å². The van der Waals surface area contributed by atoms with E-state index in [1.165, 1.54) is 22.8 Å². The molecule has 0 aliphatic carbocycles. The minimum atomic E-state index is -0.437. The molecule has 0 saturated carbocycles. The molecule has 28 heavy (non-hydrogen) atoms. The maximum Gasteiger partial charge on any atom is 0.332 e. The smallest absolute Gasteiger partial charge is 0.332 e. The highest BCUT2D eigenvalue weighted by Crippen LogP contribution is 2.36. The Morgan fingerprint density at radius 3 is 2.82 bits per heavy atom. The molecule has 10 heteroatoms. The molecular formula is C18H21N5O3S2. The van der Waals surface area contributed by atoms with Gasteiger partial charge in [0, 0.05) is 43.1 Å². The summed E-state index contributed by atoms with van der Waals surface area (Å²) in [5, 5.41) is 2.51. The van der Waals surface area contributed by atoms with Gasteiger partial charge in [-0.15, -0.1) is 11.3 Å². The van der Waals surface area contributed by atoms with E-state index in [2.05, 4.69) is 22.5 Å². The number of amides is 1. The van der Waals surface area contributed by atoms with E-state index in [0.29, 0.717) is 24.0 Å². The Morgan fingerprint density at radius 2 is 2.07 bits per heavy atom.